The highest BCUT2D eigenvalue weighted by Gasteiger charge is 2.74. The lowest BCUT2D eigenvalue weighted by atomic mass is 9.71. The Bertz CT molecular complexity index is 817. The molecule has 2 bridgehead atoms. The average molecular weight is 507 g/mol. The van der Waals surface area contributed by atoms with Gasteiger partial charge >= 0.3 is 5.97 Å². The highest BCUT2D eigenvalue weighted by molar-refractivity contribution is 8.02. The van der Waals surface area contributed by atoms with Crippen LogP contribution in [0.4, 0.5) is 0 Å². The lowest BCUT2D eigenvalue weighted by Crippen LogP contribution is -2.57. The van der Waals surface area contributed by atoms with Gasteiger partial charge in [-0.25, -0.2) is 0 Å². The number of unbranched alkanes of at least 4 members (excludes halogenated alkanes) is 2. The minimum Gasteiger partial charge on any atom is -0.461 e. The van der Waals surface area contributed by atoms with Gasteiger partial charge in [-0.05, 0) is 31.6 Å². The Hall–Kier alpha value is -1.80. The molecule has 3 aliphatic rings. The molecule has 3 heterocycles. The maximum absolute atomic E-state index is 14.2. The van der Waals surface area contributed by atoms with Crippen molar-refractivity contribution in [3.8, 4) is 0 Å². The quantitative estimate of drug-likeness (QED) is 0.221. The van der Waals surface area contributed by atoms with Crippen LogP contribution in [0, 0.1) is 17.8 Å². The first-order chi connectivity index (χ1) is 16.8. The number of aliphatic hydroxyl groups excluding tert-OH is 1. The SMILES string of the molecule is C=CCOC(=O)[C@@H]1[C@H]2C(=O)N([C@@H](CO)CC(C)C)C(C(=O)N(CC=C)CCCCC)C23CC[C@H]1S3. The summed E-state index contributed by atoms with van der Waals surface area (Å²) in [7, 11) is 0. The summed E-state index contributed by atoms with van der Waals surface area (Å²) in [6, 6.07) is -1.17. The molecule has 8 heteroatoms. The second-order valence-corrected chi connectivity index (χ2v) is 12.1. The first-order valence-corrected chi connectivity index (χ1v) is 13.9. The van der Waals surface area contributed by atoms with E-state index in [1.165, 1.54) is 6.08 Å². The summed E-state index contributed by atoms with van der Waals surface area (Å²) < 4.78 is 4.74. The minimum absolute atomic E-state index is 0.0377. The fourth-order valence-electron chi connectivity index (χ4n) is 6.26. The summed E-state index contributed by atoms with van der Waals surface area (Å²) in [5.41, 5.74) is 0. The van der Waals surface area contributed by atoms with Crippen LogP contribution in [0.25, 0.3) is 0 Å². The topological polar surface area (TPSA) is 87.1 Å². The Labute approximate surface area is 214 Å². The van der Waals surface area contributed by atoms with Gasteiger partial charge in [-0.1, -0.05) is 52.3 Å². The molecule has 2 unspecified atom stereocenters. The summed E-state index contributed by atoms with van der Waals surface area (Å²) in [6.45, 7) is 14.6. The van der Waals surface area contributed by atoms with Crippen LogP contribution in [0.5, 0.6) is 0 Å². The highest BCUT2D eigenvalue weighted by Crippen LogP contribution is 2.67. The third-order valence-electron chi connectivity index (χ3n) is 7.63. The molecular formula is C27H42N2O5S. The number of nitrogens with zero attached hydrogens (tertiary/aromatic N) is 2. The number of rotatable bonds is 14. The van der Waals surface area contributed by atoms with Crippen LogP contribution in [-0.2, 0) is 19.1 Å². The number of aliphatic hydroxyl groups is 1. The van der Waals surface area contributed by atoms with Crippen molar-refractivity contribution < 1.29 is 24.2 Å². The van der Waals surface area contributed by atoms with E-state index in [0.29, 0.717) is 25.9 Å². The molecule has 3 aliphatic heterocycles. The van der Waals surface area contributed by atoms with Crippen LogP contribution in [-0.4, -0.2) is 81.1 Å². The van der Waals surface area contributed by atoms with Gasteiger partial charge < -0.3 is 19.6 Å². The van der Waals surface area contributed by atoms with E-state index in [1.54, 1.807) is 22.7 Å². The Balaban J connectivity index is 2.03. The molecule has 0 aromatic heterocycles. The lowest BCUT2D eigenvalue weighted by molar-refractivity contribution is -0.153. The van der Waals surface area contributed by atoms with Gasteiger partial charge in [-0.2, -0.15) is 0 Å². The molecule has 3 fully saturated rings. The molecule has 0 saturated carbocycles. The molecule has 1 N–H and O–H groups in total. The largest absolute Gasteiger partial charge is 0.461 e. The number of esters is 1. The van der Waals surface area contributed by atoms with Crippen LogP contribution in [0.1, 0.15) is 59.3 Å². The number of hydrogen-bond acceptors (Lipinski definition) is 6. The van der Waals surface area contributed by atoms with E-state index in [1.807, 2.05) is 18.7 Å². The minimum atomic E-state index is -0.704. The molecule has 0 aliphatic carbocycles. The van der Waals surface area contributed by atoms with E-state index in [-0.39, 0.29) is 42.2 Å². The number of ether oxygens (including phenoxy) is 1. The van der Waals surface area contributed by atoms with Crippen molar-refractivity contribution in [2.75, 3.05) is 26.3 Å². The molecule has 196 valence electrons. The van der Waals surface area contributed by atoms with Gasteiger partial charge in [0.2, 0.25) is 11.8 Å². The van der Waals surface area contributed by atoms with E-state index in [4.69, 9.17) is 4.74 Å². The van der Waals surface area contributed by atoms with Crippen molar-refractivity contribution in [1.29, 1.82) is 0 Å². The first-order valence-electron chi connectivity index (χ1n) is 13.0. The van der Waals surface area contributed by atoms with E-state index in [2.05, 4.69) is 20.1 Å². The number of hydrogen-bond donors (Lipinski definition) is 1. The molecule has 3 rings (SSSR count). The second-order valence-electron chi connectivity index (χ2n) is 10.5. The maximum atomic E-state index is 14.2. The summed E-state index contributed by atoms with van der Waals surface area (Å²) in [5.74, 6) is -1.61. The molecule has 6 atom stereocenters. The van der Waals surface area contributed by atoms with Gasteiger partial charge in [0, 0.05) is 18.3 Å². The Kier molecular flexibility index (Phi) is 9.49. The number of carbonyl (C=O) groups excluding carboxylic acids is 3. The summed E-state index contributed by atoms with van der Waals surface area (Å²) in [4.78, 5) is 44.9. The molecule has 35 heavy (non-hydrogen) atoms. The molecule has 2 amide bonds. The molecule has 1 spiro atoms. The zero-order valence-electron chi connectivity index (χ0n) is 21.5. The Morgan fingerprint density at radius 3 is 2.66 bits per heavy atom. The number of fused-ring (bicyclic) bond motifs is 1. The number of amides is 2. The average Bonchev–Trinajstić information content (AvgIpc) is 3.47. The zero-order valence-corrected chi connectivity index (χ0v) is 22.3. The fourth-order valence-corrected chi connectivity index (χ4v) is 8.45. The van der Waals surface area contributed by atoms with Crippen molar-refractivity contribution in [2.45, 2.75) is 81.4 Å². The fraction of sp³-hybridized carbons (Fsp3) is 0.741. The monoisotopic (exact) mass is 506 g/mol. The molecular weight excluding hydrogens is 464 g/mol. The number of thioether (sulfide) groups is 1. The van der Waals surface area contributed by atoms with Crippen molar-refractivity contribution in [2.24, 2.45) is 17.8 Å². The van der Waals surface area contributed by atoms with Crippen molar-refractivity contribution in [3.63, 3.8) is 0 Å². The third kappa shape index (κ3) is 5.19. The summed E-state index contributed by atoms with van der Waals surface area (Å²) in [6.07, 6.45) is 8.26. The predicted octanol–water partition coefficient (Wildman–Crippen LogP) is 3.42. The zero-order chi connectivity index (χ0) is 25.8. The highest BCUT2D eigenvalue weighted by atomic mass is 32.2. The third-order valence-corrected chi connectivity index (χ3v) is 9.58. The number of carbonyl (C=O) groups is 3. The molecule has 0 aromatic carbocycles. The predicted molar refractivity (Wildman–Crippen MR) is 139 cm³/mol. The summed E-state index contributed by atoms with van der Waals surface area (Å²) in [5, 5.41) is 10.3. The molecule has 3 saturated heterocycles. The van der Waals surface area contributed by atoms with Gasteiger partial charge in [0.25, 0.3) is 0 Å². The molecule has 0 aromatic rings. The smallest absolute Gasteiger partial charge is 0.311 e. The van der Waals surface area contributed by atoms with Crippen LogP contribution in [0.15, 0.2) is 25.3 Å². The van der Waals surface area contributed by atoms with Crippen molar-refractivity contribution in [3.05, 3.63) is 25.3 Å². The van der Waals surface area contributed by atoms with Gasteiger partial charge in [0.1, 0.15) is 12.6 Å². The van der Waals surface area contributed by atoms with Crippen molar-refractivity contribution in [1.82, 2.24) is 9.80 Å². The Morgan fingerprint density at radius 1 is 1.31 bits per heavy atom. The summed E-state index contributed by atoms with van der Waals surface area (Å²) >= 11 is 1.63. The van der Waals surface area contributed by atoms with E-state index in [0.717, 1.165) is 25.7 Å². The van der Waals surface area contributed by atoms with E-state index < -0.39 is 28.7 Å². The van der Waals surface area contributed by atoms with Gasteiger partial charge in [0.05, 0.1) is 29.2 Å². The van der Waals surface area contributed by atoms with Crippen LogP contribution >= 0.6 is 11.8 Å². The lowest BCUT2D eigenvalue weighted by Gasteiger charge is -2.40. The van der Waals surface area contributed by atoms with Crippen LogP contribution in [0.3, 0.4) is 0 Å². The van der Waals surface area contributed by atoms with Gasteiger partial charge in [-0.15, -0.1) is 18.3 Å². The van der Waals surface area contributed by atoms with Crippen LogP contribution < -0.4 is 0 Å². The first kappa shape index (κ1) is 27.8. The van der Waals surface area contributed by atoms with Crippen LogP contribution in [0.2, 0.25) is 0 Å². The van der Waals surface area contributed by atoms with Gasteiger partial charge in [-0.3, -0.25) is 14.4 Å². The van der Waals surface area contributed by atoms with Gasteiger partial charge in [0.15, 0.2) is 0 Å². The molecule has 7 nitrogen and oxygen atoms in total. The standard InChI is InChI=1S/C27H42N2O5S/c1-6-9-10-14-28(13-7-2)25(32)23-27-12-11-20(35-27)21(26(33)34-15-8-3)22(27)24(31)29(23)19(17-30)16-18(4)5/h7-8,18-23,30H,2-3,6,9-17H2,1,4-5H3/t19-,20-,21+,22+,23?,27?/m1/s1. The van der Waals surface area contributed by atoms with E-state index in [9.17, 15) is 19.5 Å². The second kappa shape index (κ2) is 12.0. The molecule has 0 radical (unpaired) electrons. The number of likely N-dealkylation sites (tertiary alicyclic amines) is 1. The normalized spacial score (nSPS) is 29.9. The maximum Gasteiger partial charge on any atom is 0.311 e. The van der Waals surface area contributed by atoms with Crippen molar-refractivity contribution >= 4 is 29.5 Å². The Morgan fingerprint density at radius 2 is 2.06 bits per heavy atom. The van der Waals surface area contributed by atoms with E-state index >= 15 is 0 Å².